The topological polar surface area (TPSA) is 112 Å². The molecule has 0 aromatic heterocycles. The quantitative estimate of drug-likeness (QED) is 0.289. The molecule has 0 aliphatic rings. The van der Waals surface area contributed by atoms with Crippen molar-refractivity contribution in [2.45, 2.75) is 52.2 Å². The van der Waals surface area contributed by atoms with Crippen LogP contribution >= 0.6 is 0 Å². The fourth-order valence-corrected chi connectivity index (χ4v) is 3.22. The molecule has 0 radical (unpaired) electrons. The van der Waals surface area contributed by atoms with Gasteiger partial charge in [-0.1, -0.05) is 58.5 Å². The van der Waals surface area contributed by atoms with Crippen molar-refractivity contribution in [1.82, 2.24) is 0 Å². The first kappa shape index (κ1) is 29.9. The van der Waals surface area contributed by atoms with E-state index >= 15 is 0 Å². The van der Waals surface area contributed by atoms with Crippen LogP contribution in [0.25, 0.3) is 0 Å². The van der Waals surface area contributed by atoms with Crippen LogP contribution in [0.4, 0.5) is 0 Å². The molecule has 0 bridgehead atoms. The van der Waals surface area contributed by atoms with E-state index in [1.54, 1.807) is 20.8 Å². The van der Waals surface area contributed by atoms with E-state index in [9.17, 15) is 19.8 Å². The zero-order valence-corrected chi connectivity index (χ0v) is 22.2. The Hall–Kier alpha value is -3.36. The molecule has 202 valence electrons. The summed E-state index contributed by atoms with van der Waals surface area (Å²) >= 11 is 0. The van der Waals surface area contributed by atoms with Gasteiger partial charge in [-0.2, -0.15) is 0 Å². The smallest absolute Gasteiger partial charge is 0.333 e. The van der Waals surface area contributed by atoms with Gasteiger partial charge in [-0.3, -0.25) is 4.79 Å². The molecule has 0 amide bonds. The van der Waals surface area contributed by atoms with Crippen LogP contribution in [0.1, 0.15) is 45.7 Å². The number of aliphatic hydroxyl groups is 2. The number of aliphatic hydroxyl groups excluding tert-OH is 2. The second-order valence-electron chi connectivity index (χ2n) is 9.77. The zero-order valence-electron chi connectivity index (χ0n) is 22.2. The van der Waals surface area contributed by atoms with Gasteiger partial charge in [0.2, 0.25) is 0 Å². The average Bonchev–Trinajstić information content (AvgIpc) is 2.88. The van der Waals surface area contributed by atoms with E-state index in [1.165, 1.54) is 0 Å². The van der Waals surface area contributed by atoms with E-state index in [2.05, 4.69) is 20.4 Å². The van der Waals surface area contributed by atoms with Crippen LogP contribution in [0.15, 0.2) is 60.7 Å². The molecule has 8 nitrogen and oxygen atoms in total. The van der Waals surface area contributed by atoms with E-state index in [-0.39, 0.29) is 49.3 Å². The summed E-state index contributed by atoms with van der Waals surface area (Å²) in [6, 6.07) is 15.2. The van der Waals surface area contributed by atoms with Crippen molar-refractivity contribution in [2.75, 3.05) is 26.4 Å². The van der Waals surface area contributed by atoms with Gasteiger partial charge in [0, 0.05) is 11.0 Å². The first-order valence-electron chi connectivity index (χ1n) is 12.2. The summed E-state index contributed by atoms with van der Waals surface area (Å²) in [5, 5.41) is 19.9. The van der Waals surface area contributed by atoms with Gasteiger partial charge in [0.1, 0.15) is 50.1 Å². The normalized spacial score (nSPS) is 13.0. The molecule has 8 heteroatoms. The summed E-state index contributed by atoms with van der Waals surface area (Å²) in [6.45, 7) is 12.4. The number of benzene rings is 2. The molecule has 2 aromatic rings. The van der Waals surface area contributed by atoms with Crippen LogP contribution in [-0.2, 0) is 24.5 Å². The number of carbonyl (C=O) groups is 2. The molecule has 2 atom stereocenters. The predicted molar refractivity (Wildman–Crippen MR) is 140 cm³/mol. The van der Waals surface area contributed by atoms with Gasteiger partial charge in [-0.05, 0) is 42.3 Å². The van der Waals surface area contributed by atoms with Crippen molar-refractivity contribution >= 4 is 11.9 Å². The highest BCUT2D eigenvalue weighted by molar-refractivity contribution is 5.86. The predicted octanol–water partition coefficient (Wildman–Crippen LogP) is 3.81. The van der Waals surface area contributed by atoms with E-state index in [0.717, 1.165) is 11.1 Å². The van der Waals surface area contributed by atoms with Crippen molar-refractivity contribution in [3.63, 3.8) is 0 Å². The van der Waals surface area contributed by atoms with Crippen LogP contribution in [0.3, 0.4) is 0 Å². The zero-order chi connectivity index (χ0) is 27.6. The number of ether oxygens (including phenoxy) is 4. The van der Waals surface area contributed by atoms with Gasteiger partial charge in [-0.25, -0.2) is 4.79 Å². The summed E-state index contributed by atoms with van der Waals surface area (Å²) in [7, 11) is 0. The van der Waals surface area contributed by atoms with Crippen molar-refractivity contribution in [3.05, 3.63) is 71.8 Å². The molecule has 0 fully saturated rings. The Bertz CT molecular complexity index is 1020. The highest BCUT2D eigenvalue weighted by Crippen LogP contribution is 2.33. The standard InChI is InChI=1S/C29H38O8/c1-19(2)27(32)36-17-23(30)15-34-25-11-7-21(8-12-25)29(5,6)22-9-13-26(14-10-22)35-16-24(31)18-37-28(33)20(3)4/h7-14,20,23-24,30-31H,1,15-18H2,2-6H3. The first-order valence-corrected chi connectivity index (χ1v) is 12.2. The van der Waals surface area contributed by atoms with Crippen molar-refractivity contribution in [1.29, 1.82) is 0 Å². The molecular formula is C29H38O8. The average molecular weight is 515 g/mol. The second-order valence-corrected chi connectivity index (χ2v) is 9.77. The minimum absolute atomic E-state index is 0.0114. The molecule has 2 aromatic carbocycles. The Morgan fingerprint density at radius 1 is 0.784 bits per heavy atom. The molecule has 2 N–H and O–H groups in total. The van der Waals surface area contributed by atoms with Crippen LogP contribution in [0.2, 0.25) is 0 Å². The van der Waals surface area contributed by atoms with Crippen molar-refractivity contribution in [3.8, 4) is 11.5 Å². The van der Waals surface area contributed by atoms with E-state index in [0.29, 0.717) is 11.5 Å². The lowest BCUT2D eigenvalue weighted by Crippen LogP contribution is -2.26. The van der Waals surface area contributed by atoms with E-state index < -0.39 is 18.2 Å². The third kappa shape index (κ3) is 9.55. The van der Waals surface area contributed by atoms with Crippen LogP contribution < -0.4 is 9.47 Å². The molecule has 0 saturated carbocycles. The Balaban J connectivity index is 1.87. The monoisotopic (exact) mass is 514 g/mol. The Kier molecular flexibility index (Phi) is 11.1. The van der Waals surface area contributed by atoms with Crippen molar-refractivity contribution in [2.24, 2.45) is 5.92 Å². The van der Waals surface area contributed by atoms with Crippen molar-refractivity contribution < 1.29 is 38.7 Å². The molecule has 0 saturated heterocycles. The lowest BCUT2D eigenvalue weighted by atomic mass is 9.78. The number of hydrogen-bond acceptors (Lipinski definition) is 8. The van der Waals surface area contributed by atoms with Gasteiger partial charge >= 0.3 is 11.9 Å². The molecule has 0 heterocycles. The maximum absolute atomic E-state index is 11.5. The number of carbonyl (C=O) groups excluding carboxylic acids is 2. The van der Waals surface area contributed by atoms with Crippen LogP contribution in [-0.4, -0.2) is 60.8 Å². The maximum Gasteiger partial charge on any atom is 0.333 e. The molecular weight excluding hydrogens is 476 g/mol. The van der Waals surface area contributed by atoms with Crippen LogP contribution in [0.5, 0.6) is 11.5 Å². The van der Waals surface area contributed by atoms with Gasteiger partial charge in [0.25, 0.3) is 0 Å². The maximum atomic E-state index is 11.5. The minimum atomic E-state index is -0.948. The van der Waals surface area contributed by atoms with Gasteiger partial charge in [-0.15, -0.1) is 0 Å². The fraction of sp³-hybridized carbons (Fsp3) is 0.448. The summed E-state index contributed by atoms with van der Waals surface area (Å²) in [4.78, 5) is 22.9. The number of hydrogen-bond donors (Lipinski definition) is 2. The molecule has 0 aliphatic heterocycles. The van der Waals surface area contributed by atoms with E-state index in [1.807, 2.05) is 48.5 Å². The highest BCUT2D eigenvalue weighted by Gasteiger charge is 2.23. The molecule has 2 rings (SSSR count). The highest BCUT2D eigenvalue weighted by atomic mass is 16.6. The molecule has 0 spiro atoms. The van der Waals surface area contributed by atoms with Gasteiger partial charge in [0.15, 0.2) is 0 Å². The minimum Gasteiger partial charge on any atom is -0.491 e. The molecule has 2 unspecified atom stereocenters. The summed E-state index contributed by atoms with van der Waals surface area (Å²) < 4.78 is 21.2. The first-order chi connectivity index (χ1) is 17.4. The molecule has 37 heavy (non-hydrogen) atoms. The third-order valence-electron chi connectivity index (χ3n) is 5.68. The second kappa shape index (κ2) is 13.8. The summed E-state index contributed by atoms with van der Waals surface area (Å²) in [5.74, 6) is 0.0403. The Labute approximate surface area is 218 Å². The largest absolute Gasteiger partial charge is 0.491 e. The van der Waals surface area contributed by atoms with Crippen LogP contribution in [0, 0.1) is 5.92 Å². The summed E-state index contributed by atoms with van der Waals surface area (Å²) in [5.41, 5.74) is 2.09. The lowest BCUT2D eigenvalue weighted by molar-refractivity contribution is -0.150. The summed E-state index contributed by atoms with van der Waals surface area (Å²) in [6.07, 6.45) is -1.86. The Morgan fingerprint density at radius 3 is 1.57 bits per heavy atom. The van der Waals surface area contributed by atoms with Gasteiger partial charge < -0.3 is 29.2 Å². The third-order valence-corrected chi connectivity index (χ3v) is 5.68. The Morgan fingerprint density at radius 2 is 1.19 bits per heavy atom. The lowest BCUT2D eigenvalue weighted by Gasteiger charge is -2.26. The SMILES string of the molecule is C=C(C)C(=O)OCC(O)COc1ccc(C(C)(C)c2ccc(OCC(O)COC(=O)C(C)C)cc2)cc1. The van der Waals surface area contributed by atoms with Gasteiger partial charge in [0.05, 0.1) is 5.92 Å². The number of rotatable bonds is 14. The molecule has 0 aliphatic carbocycles. The number of esters is 2. The van der Waals surface area contributed by atoms with E-state index in [4.69, 9.17) is 18.9 Å². The fourth-order valence-electron chi connectivity index (χ4n) is 3.22.